The molecule has 0 aliphatic carbocycles. The van der Waals surface area contributed by atoms with Crippen molar-refractivity contribution in [1.82, 2.24) is 24.3 Å². The summed E-state index contributed by atoms with van der Waals surface area (Å²) in [6, 6.07) is 11.5. The van der Waals surface area contributed by atoms with Crippen molar-refractivity contribution in [2.45, 2.75) is 52.0 Å². The Balaban J connectivity index is 1.48. The Hall–Kier alpha value is -4.23. The Morgan fingerprint density at radius 1 is 1.29 bits per heavy atom. The number of hydrogen-bond donors (Lipinski definition) is 1. The quantitative estimate of drug-likeness (QED) is 0.368. The number of hydrogen-bond acceptors (Lipinski definition) is 8. The second kappa shape index (κ2) is 9.91. The molecule has 1 fully saturated rings. The molecule has 0 spiro atoms. The van der Waals surface area contributed by atoms with E-state index in [0.29, 0.717) is 52.2 Å². The van der Waals surface area contributed by atoms with Gasteiger partial charge in [0.1, 0.15) is 28.9 Å². The van der Waals surface area contributed by atoms with E-state index in [1.165, 1.54) is 6.92 Å². The van der Waals surface area contributed by atoms with Crippen molar-refractivity contribution in [3.63, 3.8) is 0 Å². The van der Waals surface area contributed by atoms with Gasteiger partial charge in [-0.05, 0) is 31.5 Å². The summed E-state index contributed by atoms with van der Waals surface area (Å²) in [6.45, 7) is 9.41. The minimum absolute atomic E-state index is 0.0136. The number of rotatable bonds is 7. The van der Waals surface area contributed by atoms with Crippen molar-refractivity contribution in [2.75, 3.05) is 18.5 Å². The maximum Gasteiger partial charge on any atom is 0.209 e. The first kappa shape index (κ1) is 25.4. The summed E-state index contributed by atoms with van der Waals surface area (Å²) < 4.78 is 15.6. The second-order valence-electron chi connectivity index (χ2n) is 10.6. The number of anilines is 2. The molecule has 0 radical (unpaired) electrons. The Kier molecular flexibility index (Phi) is 6.63. The third-order valence-corrected chi connectivity index (χ3v) is 6.55. The zero-order chi connectivity index (χ0) is 27.0. The van der Waals surface area contributed by atoms with Crippen molar-refractivity contribution >= 4 is 28.6 Å². The van der Waals surface area contributed by atoms with E-state index in [1.807, 2.05) is 17.7 Å². The zero-order valence-corrected chi connectivity index (χ0v) is 22.3. The van der Waals surface area contributed by atoms with Crippen LogP contribution >= 0.6 is 0 Å². The summed E-state index contributed by atoms with van der Waals surface area (Å²) in [5.41, 5.74) is 3.29. The number of Topliss-reactive ketones (excluding diaryl/α,β-unsaturated/α-hetero) is 1. The molecule has 4 heterocycles. The number of fused-ring (bicyclic) bond motifs is 1. The average Bonchev–Trinajstić information content (AvgIpc) is 3.59. The molecule has 1 atom stereocenters. The van der Waals surface area contributed by atoms with Gasteiger partial charge in [-0.1, -0.05) is 20.8 Å². The van der Waals surface area contributed by atoms with Crippen LogP contribution in [0.2, 0.25) is 0 Å². The number of nitriles is 1. The van der Waals surface area contributed by atoms with E-state index in [0.717, 1.165) is 18.7 Å². The van der Waals surface area contributed by atoms with Crippen molar-refractivity contribution in [3.05, 3.63) is 53.5 Å². The topological polar surface area (TPSA) is 120 Å². The van der Waals surface area contributed by atoms with E-state index in [1.54, 1.807) is 24.4 Å². The van der Waals surface area contributed by atoms with E-state index in [4.69, 9.17) is 19.6 Å². The fourth-order valence-electron chi connectivity index (χ4n) is 4.71. The summed E-state index contributed by atoms with van der Waals surface area (Å²) in [7, 11) is 1.85. The van der Waals surface area contributed by atoms with Crippen molar-refractivity contribution < 1.29 is 14.3 Å². The number of benzene rings is 1. The Labute approximate surface area is 221 Å². The van der Waals surface area contributed by atoms with Crippen LogP contribution < -0.4 is 10.1 Å². The predicted octanol–water partition coefficient (Wildman–Crippen LogP) is 4.96. The number of aryl methyl sites for hydroxylation is 1. The SMILES string of the molecule is CC(=O)Cc1cc(Oc2ccc3nc(Nc4cc(C(C)(C)C)n([C@@H]5CCOC5)n4)n(C)c3c2C#N)ccn1. The number of ketones is 1. The fourth-order valence-corrected chi connectivity index (χ4v) is 4.71. The van der Waals surface area contributed by atoms with E-state index in [2.05, 4.69) is 47.9 Å². The number of carbonyl (C=O) groups is 1. The molecule has 0 amide bonds. The van der Waals surface area contributed by atoms with Crippen LogP contribution in [0.4, 0.5) is 11.8 Å². The average molecular weight is 514 g/mol. The van der Waals surface area contributed by atoms with Gasteiger partial charge in [0.2, 0.25) is 5.95 Å². The van der Waals surface area contributed by atoms with Crippen molar-refractivity contribution in [2.24, 2.45) is 7.05 Å². The maximum atomic E-state index is 11.5. The standard InChI is InChI=1S/C28H31N7O3/c1-17(36)12-18-13-20(8-10-30-18)38-23-7-6-22-26(21(23)15-29)34(5)27(31-22)32-25-14-24(28(2,3)4)35(33-25)19-9-11-37-16-19/h6-8,10,13-14,19H,9,11-12,16H2,1-5H3,(H,31,32,33)/t19-/m1/s1. The molecule has 0 saturated carbocycles. The number of nitrogens with one attached hydrogen (secondary N) is 1. The molecule has 1 aliphatic rings. The highest BCUT2D eigenvalue weighted by Gasteiger charge is 2.28. The highest BCUT2D eigenvalue weighted by molar-refractivity contribution is 5.87. The molecule has 5 rings (SSSR count). The highest BCUT2D eigenvalue weighted by atomic mass is 16.5. The van der Waals surface area contributed by atoms with E-state index >= 15 is 0 Å². The van der Waals surface area contributed by atoms with Gasteiger partial charge in [-0.2, -0.15) is 10.4 Å². The van der Waals surface area contributed by atoms with E-state index < -0.39 is 0 Å². The number of aromatic nitrogens is 5. The van der Waals surface area contributed by atoms with Crippen LogP contribution in [0.15, 0.2) is 36.5 Å². The van der Waals surface area contributed by atoms with Gasteiger partial charge in [-0.25, -0.2) is 4.98 Å². The largest absolute Gasteiger partial charge is 0.456 e. The van der Waals surface area contributed by atoms with Crippen LogP contribution in [-0.2, 0) is 28.4 Å². The molecule has 10 nitrogen and oxygen atoms in total. The predicted molar refractivity (Wildman–Crippen MR) is 143 cm³/mol. The van der Waals surface area contributed by atoms with Crippen LogP contribution in [-0.4, -0.2) is 43.3 Å². The highest BCUT2D eigenvalue weighted by Crippen LogP contribution is 2.34. The first-order valence-electron chi connectivity index (χ1n) is 12.6. The van der Waals surface area contributed by atoms with Gasteiger partial charge in [0.15, 0.2) is 5.82 Å². The van der Waals surface area contributed by atoms with Crippen LogP contribution in [0.25, 0.3) is 11.0 Å². The molecule has 0 unspecified atom stereocenters. The molecular formula is C28H31N7O3. The number of pyridine rings is 1. The lowest BCUT2D eigenvalue weighted by molar-refractivity contribution is -0.116. The zero-order valence-electron chi connectivity index (χ0n) is 22.3. The Bertz CT molecular complexity index is 1550. The van der Waals surface area contributed by atoms with Gasteiger partial charge >= 0.3 is 0 Å². The smallest absolute Gasteiger partial charge is 0.209 e. The van der Waals surface area contributed by atoms with Crippen LogP contribution in [0, 0.1) is 11.3 Å². The van der Waals surface area contributed by atoms with Gasteiger partial charge in [0, 0.05) is 49.5 Å². The second-order valence-corrected chi connectivity index (χ2v) is 10.6. The summed E-state index contributed by atoms with van der Waals surface area (Å²) in [4.78, 5) is 20.4. The Morgan fingerprint density at radius 2 is 2.11 bits per heavy atom. The number of carbonyl (C=O) groups excluding carboxylic acids is 1. The summed E-state index contributed by atoms with van der Waals surface area (Å²) >= 11 is 0. The van der Waals surface area contributed by atoms with Gasteiger partial charge < -0.3 is 19.4 Å². The third kappa shape index (κ3) is 4.97. The lowest BCUT2D eigenvalue weighted by atomic mass is 9.91. The van der Waals surface area contributed by atoms with Gasteiger partial charge in [0.05, 0.1) is 29.4 Å². The lowest BCUT2D eigenvalue weighted by Gasteiger charge is -2.22. The molecule has 10 heteroatoms. The first-order chi connectivity index (χ1) is 18.1. The summed E-state index contributed by atoms with van der Waals surface area (Å²) in [6.07, 6.45) is 2.74. The molecule has 1 saturated heterocycles. The van der Waals surface area contributed by atoms with Gasteiger partial charge in [0.25, 0.3) is 0 Å². The number of imidazole rings is 1. The third-order valence-electron chi connectivity index (χ3n) is 6.55. The molecule has 1 N–H and O–H groups in total. The Morgan fingerprint density at radius 3 is 2.79 bits per heavy atom. The normalized spacial score (nSPS) is 15.5. The fraction of sp³-hybridized carbons (Fsp3) is 0.393. The van der Waals surface area contributed by atoms with Gasteiger partial charge in [-0.15, -0.1) is 0 Å². The monoisotopic (exact) mass is 513 g/mol. The molecule has 4 aromatic rings. The summed E-state index contributed by atoms with van der Waals surface area (Å²) in [5, 5.41) is 18.3. The molecule has 196 valence electrons. The molecular weight excluding hydrogens is 482 g/mol. The molecule has 1 aliphatic heterocycles. The molecule has 38 heavy (non-hydrogen) atoms. The van der Waals surface area contributed by atoms with E-state index in [9.17, 15) is 10.1 Å². The maximum absolute atomic E-state index is 11.5. The minimum atomic E-state index is -0.0979. The molecule has 0 bridgehead atoms. The number of ether oxygens (including phenoxy) is 2. The lowest BCUT2D eigenvalue weighted by Crippen LogP contribution is -2.22. The van der Waals surface area contributed by atoms with Crippen LogP contribution in [0.5, 0.6) is 11.5 Å². The molecule has 3 aromatic heterocycles. The number of nitrogens with zero attached hydrogens (tertiary/aromatic N) is 6. The minimum Gasteiger partial charge on any atom is -0.456 e. The van der Waals surface area contributed by atoms with Crippen LogP contribution in [0.3, 0.4) is 0 Å². The van der Waals surface area contributed by atoms with Gasteiger partial charge in [-0.3, -0.25) is 14.5 Å². The van der Waals surface area contributed by atoms with Crippen molar-refractivity contribution in [3.8, 4) is 17.6 Å². The summed E-state index contributed by atoms with van der Waals surface area (Å²) in [5.74, 6) is 2.16. The first-order valence-corrected chi connectivity index (χ1v) is 12.6. The molecule has 1 aromatic carbocycles. The van der Waals surface area contributed by atoms with Crippen molar-refractivity contribution in [1.29, 1.82) is 5.26 Å². The van der Waals surface area contributed by atoms with E-state index in [-0.39, 0.29) is 23.7 Å². The van der Waals surface area contributed by atoms with Crippen LogP contribution in [0.1, 0.15) is 57.1 Å².